The van der Waals surface area contributed by atoms with Crippen LogP contribution in [0, 0.1) is 5.92 Å². The summed E-state index contributed by atoms with van der Waals surface area (Å²) in [6, 6.07) is 0. The molecule has 3 N–H and O–H groups in total. The third-order valence-corrected chi connectivity index (χ3v) is 5.47. The molecule has 2 aliphatic heterocycles. The highest BCUT2D eigenvalue weighted by molar-refractivity contribution is 7.87. The highest BCUT2D eigenvalue weighted by Crippen LogP contribution is 2.18. The van der Waals surface area contributed by atoms with Gasteiger partial charge in [0.2, 0.25) is 0 Å². The molecular formula is C12H25N3O3S. The van der Waals surface area contributed by atoms with E-state index in [4.69, 9.17) is 10.5 Å². The molecule has 19 heavy (non-hydrogen) atoms. The summed E-state index contributed by atoms with van der Waals surface area (Å²) in [7, 11) is -3.38. The molecule has 2 saturated heterocycles. The van der Waals surface area contributed by atoms with Crippen LogP contribution in [0.3, 0.4) is 0 Å². The second kappa shape index (κ2) is 6.99. The Morgan fingerprint density at radius 2 is 2.11 bits per heavy atom. The fourth-order valence-electron chi connectivity index (χ4n) is 2.70. The molecule has 6 nitrogen and oxygen atoms in total. The molecule has 0 aromatic heterocycles. The highest BCUT2D eigenvalue weighted by atomic mass is 32.2. The molecule has 7 heteroatoms. The number of piperidine rings is 1. The Balaban J connectivity index is 1.83. The Morgan fingerprint density at radius 3 is 2.79 bits per heavy atom. The monoisotopic (exact) mass is 291 g/mol. The summed E-state index contributed by atoms with van der Waals surface area (Å²) in [6.07, 6.45) is 5.07. The van der Waals surface area contributed by atoms with Gasteiger partial charge in [-0.15, -0.1) is 0 Å². The molecule has 0 amide bonds. The van der Waals surface area contributed by atoms with E-state index in [0.29, 0.717) is 26.2 Å². The Bertz CT molecular complexity index is 368. The predicted octanol–water partition coefficient (Wildman–Crippen LogP) is 0.0606. The number of nitrogens with zero attached hydrogens (tertiary/aromatic N) is 1. The molecule has 0 aromatic rings. The molecule has 2 rings (SSSR count). The van der Waals surface area contributed by atoms with Gasteiger partial charge in [-0.2, -0.15) is 17.4 Å². The maximum absolute atomic E-state index is 12.2. The summed E-state index contributed by atoms with van der Waals surface area (Å²) < 4.78 is 34.2. The van der Waals surface area contributed by atoms with Crippen LogP contribution in [0.4, 0.5) is 0 Å². The van der Waals surface area contributed by atoms with Crippen LogP contribution in [0.25, 0.3) is 0 Å². The molecule has 112 valence electrons. The van der Waals surface area contributed by atoms with Gasteiger partial charge in [-0.3, -0.25) is 0 Å². The van der Waals surface area contributed by atoms with Gasteiger partial charge < -0.3 is 10.5 Å². The fourth-order valence-corrected chi connectivity index (χ4v) is 4.05. The lowest BCUT2D eigenvalue weighted by atomic mass is 10.0. The van der Waals surface area contributed by atoms with Gasteiger partial charge in [-0.05, 0) is 44.6 Å². The number of nitrogens with one attached hydrogen (secondary N) is 1. The van der Waals surface area contributed by atoms with Gasteiger partial charge in [-0.1, -0.05) is 0 Å². The van der Waals surface area contributed by atoms with Crippen molar-refractivity contribution in [2.75, 3.05) is 32.8 Å². The summed E-state index contributed by atoms with van der Waals surface area (Å²) in [5.41, 5.74) is 5.64. The molecule has 2 atom stereocenters. The van der Waals surface area contributed by atoms with Crippen molar-refractivity contribution < 1.29 is 13.2 Å². The summed E-state index contributed by atoms with van der Waals surface area (Å²) >= 11 is 0. The number of ether oxygens (including phenoxy) is 1. The zero-order chi connectivity index (χ0) is 13.7. The Labute approximate surface area is 115 Å². The third-order valence-electron chi connectivity index (χ3n) is 3.92. The van der Waals surface area contributed by atoms with Crippen molar-refractivity contribution in [1.82, 2.24) is 9.03 Å². The van der Waals surface area contributed by atoms with Crippen LogP contribution in [0.1, 0.15) is 32.1 Å². The highest BCUT2D eigenvalue weighted by Gasteiger charge is 2.28. The number of hydrogen-bond donors (Lipinski definition) is 2. The molecule has 0 spiro atoms. The summed E-state index contributed by atoms with van der Waals surface area (Å²) in [5, 5.41) is 0. The van der Waals surface area contributed by atoms with E-state index in [1.807, 2.05) is 0 Å². The lowest BCUT2D eigenvalue weighted by molar-refractivity contribution is 0.0197. The van der Waals surface area contributed by atoms with Gasteiger partial charge in [-0.25, -0.2) is 0 Å². The van der Waals surface area contributed by atoms with Crippen LogP contribution in [0.2, 0.25) is 0 Å². The smallest absolute Gasteiger partial charge is 0.279 e. The first-order chi connectivity index (χ1) is 9.12. The van der Waals surface area contributed by atoms with Gasteiger partial charge in [0.05, 0.1) is 6.10 Å². The van der Waals surface area contributed by atoms with Crippen molar-refractivity contribution in [3.05, 3.63) is 0 Å². The van der Waals surface area contributed by atoms with Crippen molar-refractivity contribution in [3.63, 3.8) is 0 Å². The molecule has 0 aliphatic carbocycles. The van der Waals surface area contributed by atoms with Crippen LogP contribution >= 0.6 is 0 Å². The van der Waals surface area contributed by atoms with E-state index in [-0.39, 0.29) is 12.0 Å². The minimum absolute atomic E-state index is 0.0265. The lowest BCUT2D eigenvalue weighted by Gasteiger charge is -2.32. The van der Waals surface area contributed by atoms with E-state index in [1.54, 1.807) is 0 Å². The topological polar surface area (TPSA) is 84.7 Å². The average molecular weight is 291 g/mol. The first-order valence-corrected chi connectivity index (χ1v) is 8.62. The van der Waals surface area contributed by atoms with Gasteiger partial charge in [0.15, 0.2) is 0 Å². The van der Waals surface area contributed by atoms with Crippen molar-refractivity contribution in [3.8, 4) is 0 Å². The van der Waals surface area contributed by atoms with Crippen LogP contribution in [-0.4, -0.2) is 51.6 Å². The first kappa shape index (κ1) is 15.2. The third kappa shape index (κ3) is 4.39. The van der Waals surface area contributed by atoms with Crippen LogP contribution in [0.15, 0.2) is 0 Å². The normalized spacial score (nSPS) is 30.4. The second-order valence-electron chi connectivity index (χ2n) is 5.44. The quantitative estimate of drug-likeness (QED) is 0.750. The van der Waals surface area contributed by atoms with Crippen molar-refractivity contribution >= 4 is 10.2 Å². The molecule has 0 radical (unpaired) electrons. The minimum Gasteiger partial charge on any atom is -0.377 e. The fraction of sp³-hybridized carbons (Fsp3) is 1.00. The maximum atomic E-state index is 12.2. The molecule has 2 heterocycles. The number of nitrogens with two attached hydrogens (primary N) is 1. The Kier molecular flexibility index (Phi) is 5.58. The SMILES string of the molecule is NCC1CCCN(S(=O)(=O)NCC2CCCCO2)C1. The maximum Gasteiger partial charge on any atom is 0.279 e. The predicted molar refractivity (Wildman–Crippen MR) is 73.9 cm³/mol. The van der Waals surface area contributed by atoms with Crippen LogP contribution < -0.4 is 10.5 Å². The minimum atomic E-state index is -3.38. The molecule has 0 saturated carbocycles. The Morgan fingerprint density at radius 1 is 1.26 bits per heavy atom. The molecule has 2 fully saturated rings. The van der Waals surface area contributed by atoms with E-state index in [2.05, 4.69) is 4.72 Å². The van der Waals surface area contributed by atoms with Crippen molar-refractivity contribution in [2.45, 2.75) is 38.2 Å². The van der Waals surface area contributed by atoms with Crippen LogP contribution in [-0.2, 0) is 14.9 Å². The number of hydrogen-bond acceptors (Lipinski definition) is 4. The standard InChI is InChI=1S/C12H25N3O3S/c13-8-11-4-3-6-15(10-11)19(16,17)14-9-12-5-1-2-7-18-12/h11-12,14H,1-10,13H2. The van der Waals surface area contributed by atoms with E-state index < -0.39 is 10.2 Å². The number of rotatable bonds is 5. The van der Waals surface area contributed by atoms with Gasteiger partial charge >= 0.3 is 0 Å². The summed E-state index contributed by atoms with van der Waals surface area (Å²) in [4.78, 5) is 0. The lowest BCUT2D eigenvalue weighted by Crippen LogP contribution is -2.49. The van der Waals surface area contributed by atoms with Crippen molar-refractivity contribution in [1.29, 1.82) is 0 Å². The largest absolute Gasteiger partial charge is 0.377 e. The summed E-state index contributed by atoms with van der Waals surface area (Å²) in [6.45, 7) is 2.81. The molecular weight excluding hydrogens is 266 g/mol. The van der Waals surface area contributed by atoms with E-state index in [9.17, 15) is 8.42 Å². The van der Waals surface area contributed by atoms with Gasteiger partial charge in [0.25, 0.3) is 10.2 Å². The molecule has 0 bridgehead atoms. The molecule has 2 aliphatic rings. The molecule has 2 unspecified atom stereocenters. The van der Waals surface area contributed by atoms with E-state index >= 15 is 0 Å². The van der Waals surface area contributed by atoms with E-state index in [0.717, 1.165) is 38.7 Å². The average Bonchev–Trinajstić information content (AvgIpc) is 2.46. The molecule has 0 aromatic carbocycles. The van der Waals surface area contributed by atoms with Gasteiger partial charge in [0.1, 0.15) is 0 Å². The van der Waals surface area contributed by atoms with E-state index in [1.165, 1.54) is 4.31 Å². The zero-order valence-corrected chi connectivity index (χ0v) is 12.2. The zero-order valence-electron chi connectivity index (χ0n) is 11.4. The Hall–Kier alpha value is -0.210. The summed E-state index contributed by atoms with van der Waals surface area (Å²) in [5.74, 6) is 0.288. The van der Waals surface area contributed by atoms with Gasteiger partial charge in [0, 0.05) is 26.2 Å². The first-order valence-electron chi connectivity index (χ1n) is 7.18. The van der Waals surface area contributed by atoms with Crippen molar-refractivity contribution in [2.24, 2.45) is 11.7 Å². The van der Waals surface area contributed by atoms with Crippen LogP contribution in [0.5, 0.6) is 0 Å². The second-order valence-corrected chi connectivity index (χ2v) is 7.20.